The first-order valence-corrected chi connectivity index (χ1v) is 6.87. The number of ketones is 1. The van der Waals surface area contributed by atoms with Crippen LogP contribution in [0.5, 0.6) is 0 Å². The van der Waals surface area contributed by atoms with E-state index in [9.17, 15) is 4.79 Å². The summed E-state index contributed by atoms with van der Waals surface area (Å²) in [6.45, 7) is 11.4. The fourth-order valence-corrected chi connectivity index (χ4v) is 2.05. The predicted octanol–water partition coefficient (Wildman–Crippen LogP) is 3.15. The third kappa shape index (κ3) is 4.61. The minimum Gasteiger partial charge on any atom is -0.303 e. The van der Waals surface area contributed by atoms with Crippen LogP contribution < -0.4 is 0 Å². The summed E-state index contributed by atoms with van der Waals surface area (Å²) in [4.78, 5) is 14.2. The van der Waals surface area contributed by atoms with Gasteiger partial charge in [0.1, 0.15) is 5.78 Å². The molecule has 0 aromatic heterocycles. The van der Waals surface area contributed by atoms with Gasteiger partial charge in [-0.2, -0.15) is 0 Å². The minimum atomic E-state index is 0.338. The lowest BCUT2D eigenvalue weighted by atomic mass is 10.0. The molecule has 1 aromatic rings. The maximum absolute atomic E-state index is 11.9. The molecular weight excluding hydrogens is 222 g/mol. The molecule has 0 aliphatic heterocycles. The summed E-state index contributed by atoms with van der Waals surface area (Å²) in [5, 5.41) is 0. The first-order chi connectivity index (χ1) is 8.56. The Morgan fingerprint density at radius 1 is 1.11 bits per heavy atom. The zero-order chi connectivity index (χ0) is 13.5. The molecule has 0 fully saturated rings. The summed E-state index contributed by atoms with van der Waals surface area (Å²) in [6.07, 6.45) is 1.23. The molecule has 18 heavy (non-hydrogen) atoms. The van der Waals surface area contributed by atoms with Gasteiger partial charge < -0.3 is 4.90 Å². The van der Waals surface area contributed by atoms with Crippen LogP contribution in [0.2, 0.25) is 0 Å². The van der Waals surface area contributed by atoms with Crippen molar-refractivity contribution < 1.29 is 4.79 Å². The third-order valence-corrected chi connectivity index (χ3v) is 3.57. The molecule has 2 nitrogen and oxygen atoms in total. The van der Waals surface area contributed by atoms with Gasteiger partial charge in [-0.1, -0.05) is 32.0 Å². The molecule has 0 N–H and O–H groups in total. The van der Waals surface area contributed by atoms with Gasteiger partial charge in [-0.15, -0.1) is 0 Å². The lowest BCUT2D eigenvalue weighted by Gasteiger charge is -2.17. The molecule has 0 aliphatic rings. The van der Waals surface area contributed by atoms with Crippen LogP contribution in [-0.4, -0.2) is 30.3 Å². The number of carbonyl (C=O) groups is 1. The molecule has 100 valence electrons. The summed E-state index contributed by atoms with van der Waals surface area (Å²) in [5.41, 5.74) is 3.70. The SMILES string of the molecule is CCN(CC)CCC(=O)Cc1ccc(C)c(C)c1. The van der Waals surface area contributed by atoms with Crippen LogP contribution in [0.15, 0.2) is 18.2 Å². The van der Waals surface area contributed by atoms with Crippen molar-refractivity contribution in [2.45, 2.75) is 40.5 Å². The average Bonchev–Trinajstić information content (AvgIpc) is 2.35. The van der Waals surface area contributed by atoms with Gasteiger partial charge in [0, 0.05) is 19.4 Å². The van der Waals surface area contributed by atoms with Crippen molar-refractivity contribution in [3.63, 3.8) is 0 Å². The summed E-state index contributed by atoms with van der Waals surface area (Å²) >= 11 is 0. The van der Waals surface area contributed by atoms with Gasteiger partial charge in [0.05, 0.1) is 0 Å². The van der Waals surface area contributed by atoms with Crippen LogP contribution in [0, 0.1) is 13.8 Å². The van der Waals surface area contributed by atoms with Gasteiger partial charge in [-0.3, -0.25) is 4.79 Å². The van der Waals surface area contributed by atoms with Crippen molar-refractivity contribution in [2.75, 3.05) is 19.6 Å². The van der Waals surface area contributed by atoms with Gasteiger partial charge in [0.2, 0.25) is 0 Å². The van der Waals surface area contributed by atoms with Gasteiger partial charge in [0.15, 0.2) is 0 Å². The Morgan fingerprint density at radius 3 is 2.33 bits per heavy atom. The number of hydrogen-bond acceptors (Lipinski definition) is 2. The first-order valence-electron chi connectivity index (χ1n) is 6.87. The van der Waals surface area contributed by atoms with Gasteiger partial charge in [-0.25, -0.2) is 0 Å². The Morgan fingerprint density at radius 2 is 1.78 bits per heavy atom. The topological polar surface area (TPSA) is 20.3 Å². The normalized spacial score (nSPS) is 10.9. The lowest BCUT2D eigenvalue weighted by molar-refractivity contribution is -0.118. The number of Topliss-reactive ketones (excluding diaryl/α,β-unsaturated/α-hetero) is 1. The standard InChI is InChI=1S/C16H25NO/c1-5-17(6-2)10-9-16(18)12-15-8-7-13(3)14(4)11-15/h7-8,11H,5-6,9-10,12H2,1-4H3. The van der Waals surface area contributed by atoms with E-state index < -0.39 is 0 Å². The van der Waals surface area contributed by atoms with Crippen LogP contribution in [-0.2, 0) is 11.2 Å². The predicted molar refractivity (Wildman–Crippen MR) is 77.0 cm³/mol. The van der Waals surface area contributed by atoms with E-state index in [-0.39, 0.29) is 0 Å². The maximum atomic E-state index is 11.9. The maximum Gasteiger partial charge on any atom is 0.138 e. The second-order valence-corrected chi connectivity index (χ2v) is 4.91. The number of aryl methyl sites for hydroxylation is 2. The van der Waals surface area contributed by atoms with Crippen molar-refractivity contribution in [2.24, 2.45) is 0 Å². The van der Waals surface area contributed by atoms with Crippen molar-refractivity contribution in [3.8, 4) is 0 Å². The molecule has 0 saturated carbocycles. The molecule has 0 saturated heterocycles. The summed E-state index contributed by atoms with van der Waals surface area (Å²) < 4.78 is 0. The number of nitrogens with zero attached hydrogens (tertiary/aromatic N) is 1. The smallest absolute Gasteiger partial charge is 0.138 e. The monoisotopic (exact) mass is 247 g/mol. The van der Waals surface area contributed by atoms with E-state index in [0.29, 0.717) is 18.6 Å². The third-order valence-electron chi connectivity index (χ3n) is 3.57. The fourth-order valence-electron chi connectivity index (χ4n) is 2.05. The molecule has 0 unspecified atom stereocenters. The zero-order valence-electron chi connectivity index (χ0n) is 12.1. The highest BCUT2D eigenvalue weighted by Gasteiger charge is 2.07. The Bertz CT molecular complexity index is 394. The number of benzene rings is 1. The van der Waals surface area contributed by atoms with Crippen molar-refractivity contribution in [1.82, 2.24) is 4.90 Å². The first kappa shape index (κ1) is 14.9. The number of rotatable bonds is 7. The van der Waals surface area contributed by atoms with Crippen LogP contribution in [0.3, 0.4) is 0 Å². The minimum absolute atomic E-state index is 0.338. The zero-order valence-corrected chi connectivity index (χ0v) is 12.1. The van der Waals surface area contributed by atoms with E-state index >= 15 is 0 Å². The van der Waals surface area contributed by atoms with Crippen LogP contribution in [0.1, 0.15) is 37.0 Å². The van der Waals surface area contributed by atoms with Gasteiger partial charge >= 0.3 is 0 Å². The van der Waals surface area contributed by atoms with Gasteiger partial charge in [0.25, 0.3) is 0 Å². The Hall–Kier alpha value is -1.15. The molecule has 1 aromatic carbocycles. The largest absolute Gasteiger partial charge is 0.303 e. The van der Waals surface area contributed by atoms with E-state index in [2.05, 4.69) is 50.8 Å². The molecular formula is C16H25NO. The van der Waals surface area contributed by atoms with Crippen molar-refractivity contribution >= 4 is 5.78 Å². The summed E-state index contributed by atoms with van der Waals surface area (Å²) in [7, 11) is 0. The molecule has 0 amide bonds. The number of hydrogen-bond donors (Lipinski definition) is 0. The van der Waals surface area contributed by atoms with Crippen LogP contribution in [0.4, 0.5) is 0 Å². The fraction of sp³-hybridized carbons (Fsp3) is 0.562. The second kappa shape index (κ2) is 7.32. The van der Waals surface area contributed by atoms with E-state index in [4.69, 9.17) is 0 Å². The highest BCUT2D eigenvalue weighted by atomic mass is 16.1. The lowest BCUT2D eigenvalue weighted by Crippen LogP contribution is -2.26. The summed E-state index contributed by atoms with van der Waals surface area (Å²) in [6, 6.07) is 6.30. The van der Waals surface area contributed by atoms with E-state index in [1.807, 2.05) is 0 Å². The summed E-state index contributed by atoms with van der Waals surface area (Å²) in [5.74, 6) is 0.338. The quantitative estimate of drug-likeness (QED) is 0.737. The Kier molecular flexibility index (Phi) is 6.06. The number of carbonyl (C=O) groups excluding carboxylic acids is 1. The molecule has 0 spiro atoms. The van der Waals surface area contributed by atoms with E-state index in [1.54, 1.807) is 0 Å². The Labute approximate surface area is 111 Å². The van der Waals surface area contributed by atoms with E-state index in [1.165, 1.54) is 11.1 Å². The highest BCUT2D eigenvalue weighted by Crippen LogP contribution is 2.11. The highest BCUT2D eigenvalue weighted by molar-refractivity contribution is 5.81. The Balaban J connectivity index is 2.46. The van der Waals surface area contributed by atoms with Crippen molar-refractivity contribution in [3.05, 3.63) is 34.9 Å². The second-order valence-electron chi connectivity index (χ2n) is 4.91. The van der Waals surface area contributed by atoms with Crippen molar-refractivity contribution in [1.29, 1.82) is 0 Å². The average molecular weight is 247 g/mol. The molecule has 1 rings (SSSR count). The molecule has 0 aliphatic carbocycles. The van der Waals surface area contributed by atoms with E-state index in [0.717, 1.165) is 25.2 Å². The van der Waals surface area contributed by atoms with Crippen LogP contribution >= 0.6 is 0 Å². The molecule has 0 radical (unpaired) electrons. The molecule has 0 heterocycles. The van der Waals surface area contributed by atoms with Crippen LogP contribution in [0.25, 0.3) is 0 Å². The molecule has 0 atom stereocenters. The molecule has 0 bridgehead atoms. The van der Waals surface area contributed by atoms with Gasteiger partial charge in [-0.05, 0) is 43.6 Å². The molecule has 2 heteroatoms.